The zero-order valence-electron chi connectivity index (χ0n) is 16.7. The molecule has 0 atom stereocenters. The SMILES string of the molecule is CC(=O)Nc1ccc(S(=O)(=O)NCCC(=O)NC23CC4CC(CC(C4)C2)C3)cc1. The number of amides is 2. The van der Waals surface area contributed by atoms with Crippen molar-refractivity contribution in [1.29, 1.82) is 0 Å². The van der Waals surface area contributed by atoms with E-state index in [2.05, 4.69) is 15.4 Å². The van der Waals surface area contributed by atoms with Gasteiger partial charge in [0.1, 0.15) is 0 Å². The molecule has 0 saturated heterocycles. The molecule has 0 radical (unpaired) electrons. The van der Waals surface area contributed by atoms with E-state index in [0.29, 0.717) is 5.69 Å². The van der Waals surface area contributed by atoms with Crippen LogP contribution in [0.25, 0.3) is 0 Å². The summed E-state index contributed by atoms with van der Waals surface area (Å²) in [5.41, 5.74) is 0.482. The van der Waals surface area contributed by atoms with Crippen LogP contribution in [0.15, 0.2) is 29.2 Å². The van der Waals surface area contributed by atoms with E-state index < -0.39 is 10.0 Å². The monoisotopic (exact) mass is 419 g/mol. The van der Waals surface area contributed by atoms with Crippen molar-refractivity contribution in [3.63, 3.8) is 0 Å². The van der Waals surface area contributed by atoms with Crippen molar-refractivity contribution in [3.8, 4) is 0 Å². The van der Waals surface area contributed by atoms with Gasteiger partial charge in [-0.2, -0.15) is 0 Å². The highest BCUT2D eigenvalue weighted by molar-refractivity contribution is 7.89. The third-order valence-electron chi connectivity index (χ3n) is 6.57. The van der Waals surface area contributed by atoms with Crippen LogP contribution in [0.4, 0.5) is 5.69 Å². The Hall–Kier alpha value is -1.93. The predicted octanol–water partition coefficient (Wildman–Crippen LogP) is 2.40. The summed E-state index contributed by atoms with van der Waals surface area (Å²) in [5.74, 6) is 1.96. The Kier molecular flexibility index (Phi) is 5.42. The molecule has 158 valence electrons. The highest BCUT2D eigenvalue weighted by Gasteiger charge is 2.51. The topological polar surface area (TPSA) is 104 Å². The van der Waals surface area contributed by atoms with Crippen LogP contribution in [0.5, 0.6) is 0 Å². The summed E-state index contributed by atoms with van der Waals surface area (Å²) in [6, 6.07) is 5.94. The van der Waals surface area contributed by atoms with E-state index in [1.807, 2.05) is 0 Å². The molecular formula is C21H29N3O4S. The molecule has 4 saturated carbocycles. The van der Waals surface area contributed by atoms with E-state index in [1.54, 1.807) is 0 Å². The van der Waals surface area contributed by atoms with Gasteiger partial charge in [0.25, 0.3) is 0 Å². The summed E-state index contributed by atoms with van der Waals surface area (Å²) < 4.78 is 27.4. The summed E-state index contributed by atoms with van der Waals surface area (Å²) in [4.78, 5) is 23.7. The zero-order chi connectivity index (χ0) is 20.6. The van der Waals surface area contributed by atoms with Crippen LogP contribution in [0.1, 0.15) is 51.9 Å². The molecule has 8 heteroatoms. The molecule has 4 fully saturated rings. The van der Waals surface area contributed by atoms with Crippen LogP contribution in [0.3, 0.4) is 0 Å². The van der Waals surface area contributed by atoms with Crippen LogP contribution in [0, 0.1) is 17.8 Å². The highest BCUT2D eigenvalue weighted by atomic mass is 32.2. The van der Waals surface area contributed by atoms with E-state index in [1.165, 1.54) is 50.5 Å². The lowest BCUT2D eigenvalue weighted by molar-refractivity contribution is -0.126. The Bertz CT molecular complexity index is 860. The Balaban J connectivity index is 1.28. The molecule has 4 aliphatic carbocycles. The fraction of sp³-hybridized carbons (Fsp3) is 0.619. The maximum Gasteiger partial charge on any atom is 0.240 e. The van der Waals surface area contributed by atoms with Gasteiger partial charge in [-0.25, -0.2) is 13.1 Å². The van der Waals surface area contributed by atoms with E-state index in [-0.39, 0.29) is 35.2 Å². The lowest BCUT2D eigenvalue weighted by atomic mass is 9.53. The fourth-order valence-corrected chi connectivity index (χ4v) is 6.96. The first-order valence-corrected chi connectivity index (χ1v) is 11.9. The Morgan fingerprint density at radius 1 is 1.00 bits per heavy atom. The number of carbonyl (C=O) groups is 2. The molecule has 0 spiro atoms. The van der Waals surface area contributed by atoms with E-state index in [0.717, 1.165) is 37.0 Å². The van der Waals surface area contributed by atoms with Gasteiger partial charge in [0, 0.05) is 31.1 Å². The van der Waals surface area contributed by atoms with Crippen molar-refractivity contribution in [2.45, 2.75) is 62.3 Å². The smallest absolute Gasteiger partial charge is 0.240 e. The normalized spacial score (nSPS) is 30.2. The van der Waals surface area contributed by atoms with Gasteiger partial charge < -0.3 is 10.6 Å². The van der Waals surface area contributed by atoms with Crippen molar-refractivity contribution in [3.05, 3.63) is 24.3 Å². The van der Waals surface area contributed by atoms with Crippen molar-refractivity contribution < 1.29 is 18.0 Å². The van der Waals surface area contributed by atoms with Crippen LogP contribution in [-0.4, -0.2) is 32.3 Å². The first kappa shape index (κ1) is 20.3. The molecule has 0 aromatic heterocycles. The van der Waals surface area contributed by atoms with Gasteiger partial charge in [-0.1, -0.05) is 0 Å². The molecule has 4 aliphatic rings. The fourth-order valence-electron chi connectivity index (χ4n) is 5.92. The number of hydrogen-bond acceptors (Lipinski definition) is 4. The minimum Gasteiger partial charge on any atom is -0.351 e. The summed E-state index contributed by atoms with van der Waals surface area (Å²) in [5, 5.41) is 5.86. The first-order chi connectivity index (χ1) is 13.7. The molecule has 0 heterocycles. The molecule has 4 bridgehead atoms. The van der Waals surface area contributed by atoms with E-state index in [9.17, 15) is 18.0 Å². The minimum absolute atomic E-state index is 0.0513. The van der Waals surface area contributed by atoms with Crippen LogP contribution in [-0.2, 0) is 19.6 Å². The number of carbonyl (C=O) groups excluding carboxylic acids is 2. The van der Waals surface area contributed by atoms with Gasteiger partial charge in [-0.05, 0) is 80.5 Å². The van der Waals surface area contributed by atoms with Crippen molar-refractivity contribution in [2.75, 3.05) is 11.9 Å². The largest absolute Gasteiger partial charge is 0.351 e. The van der Waals surface area contributed by atoms with Crippen LogP contribution in [0.2, 0.25) is 0 Å². The van der Waals surface area contributed by atoms with Crippen molar-refractivity contribution in [2.24, 2.45) is 17.8 Å². The summed E-state index contributed by atoms with van der Waals surface area (Å²) in [6.07, 6.45) is 7.32. The third-order valence-corrected chi connectivity index (χ3v) is 8.05. The highest BCUT2D eigenvalue weighted by Crippen LogP contribution is 2.55. The molecule has 1 aromatic rings. The molecule has 0 aliphatic heterocycles. The number of nitrogens with one attached hydrogen (secondary N) is 3. The molecule has 29 heavy (non-hydrogen) atoms. The van der Waals surface area contributed by atoms with Gasteiger partial charge in [-0.3, -0.25) is 9.59 Å². The van der Waals surface area contributed by atoms with Gasteiger partial charge in [0.15, 0.2) is 0 Å². The van der Waals surface area contributed by atoms with Crippen molar-refractivity contribution in [1.82, 2.24) is 10.0 Å². The lowest BCUT2D eigenvalue weighted by Crippen LogP contribution is -2.60. The average Bonchev–Trinajstić information content (AvgIpc) is 2.59. The summed E-state index contributed by atoms with van der Waals surface area (Å²) in [6.45, 7) is 1.45. The van der Waals surface area contributed by atoms with Crippen LogP contribution < -0.4 is 15.4 Å². The number of benzene rings is 1. The summed E-state index contributed by atoms with van der Waals surface area (Å²) >= 11 is 0. The molecule has 3 N–H and O–H groups in total. The zero-order valence-corrected chi connectivity index (χ0v) is 17.6. The molecular weight excluding hydrogens is 390 g/mol. The predicted molar refractivity (Wildman–Crippen MR) is 110 cm³/mol. The molecule has 7 nitrogen and oxygen atoms in total. The minimum atomic E-state index is -3.70. The van der Waals surface area contributed by atoms with E-state index >= 15 is 0 Å². The molecule has 5 rings (SSSR count). The number of hydrogen-bond donors (Lipinski definition) is 3. The molecule has 1 aromatic carbocycles. The second-order valence-electron chi connectivity index (χ2n) is 9.10. The average molecular weight is 420 g/mol. The van der Waals surface area contributed by atoms with Gasteiger partial charge in [0.2, 0.25) is 21.8 Å². The molecule has 2 amide bonds. The van der Waals surface area contributed by atoms with Gasteiger partial charge >= 0.3 is 0 Å². The van der Waals surface area contributed by atoms with E-state index in [4.69, 9.17) is 0 Å². The second-order valence-corrected chi connectivity index (χ2v) is 10.9. The number of anilines is 1. The Morgan fingerprint density at radius 2 is 1.55 bits per heavy atom. The maximum atomic E-state index is 12.5. The first-order valence-electron chi connectivity index (χ1n) is 10.4. The summed E-state index contributed by atoms with van der Waals surface area (Å²) in [7, 11) is -3.70. The molecule has 0 unspecified atom stereocenters. The quantitative estimate of drug-likeness (QED) is 0.631. The third kappa shape index (κ3) is 4.64. The van der Waals surface area contributed by atoms with Gasteiger partial charge in [0.05, 0.1) is 4.90 Å². The van der Waals surface area contributed by atoms with Crippen molar-refractivity contribution >= 4 is 27.5 Å². The van der Waals surface area contributed by atoms with Gasteiger partial charge in [-0.15, -0.1) is 0 Å². The Morgan fingerprint density at radius 3 is 2.07 bits per heavy atom. The lowest BCUT2D eigenvalue weighted by Gasteiger charge is -2.56. The standard InChI is InChI=1S/C21H29N3O4S/c1-14(25)23-18-2-4-19(5-3-18)29(27,28)22-7-6-20(26)24-21-11-15-8-16(12-21)10-17(9-15)13-21/h2-5,15-17,22H,6-13H2,1H3,(H,23,25)(H,24,26). The van der Waals surface area contributed by atoms with Crippen LogP contribution >= 0.6 is 0 Å². The number of rotatable bonds is 7. The number of sulfonamides is 1. The Labute approximate surface area is 172 Å². The second kappa shape index (κ2) is 7.72. The maximum absolute atomic E-state index is 12.5.